The summed E-state index contributed by atoms with van der Waals surface area (Å²) in [4.78, 5) is 0. The second-order valence-corrected chi connectivity index (χ2v) is 7.03. The molecule has 2 aromatic rings. The first-order valence-corrected chi connectivity index (χ1v) is 8.77. The molecular formula is C13H14F3N5O4S. The Hall–Kier alpha value is -2.67. The molecule has 26 heavy (non-hydrogen) atoms. The van der Waals surface area contributed by atoms with Gasteiger partial charge >= 0.3 is 6.18 Å². The van der Waals surface area contributed by atoms with Gasteiger partial charge in [0, 0.05) is 5.69 Å². The zero-order chi connectivity index (χ0) is 19.4. The van der Waals surface area contributed by atoms with Gasteiger partial charge in [0.05, 0.1) is 17.9 Å². The highest BCUT2D eigenvalue weighted by atomic mass is 32.2. The third-order valence-corrected chi connectivity index (χ3v) is 4.52. The minimum absolute atomic E-state index is 0.0192. The summed E-state index contributed by atoms with van der Waals surface area (Å²) in [6.45, 7) is 1.12. The van der Waals surface area contributed by atoms with Crippen molar-refractivity contribution in [1.29, 1.82) is 0 Å². The van der Waals surface area contributed by atoms with Crippen molar-refractivity contribution >= 4 is 21.5 Å². The van der Waals surface area contributed by atoms with Gasteiger partial charge in [0.1, 0.15) is 5.69 Å². The number of hydrogen-bond acceptors (Lipinski definition) is 7. The molecule has 0 aliphatic rings. The normalized spacial score (nSPS) is 13.0. The zero-order valence-electron chi connectivity index (χ0n) is 13.3. The topological polar surface area (TPSA) is 130 Å². The van der Waals surface area contributed by atoms with Crippen molar-refractivity contribution in [2.45, 2.75) is 19.6 Å². The Morgan fingerprint density at radius 2 is 2.08 bits per heavy atom. The fourth-order valence-electron chi connectivity index (χ4n) is 1.82. The Balaban J connectivity index is 2.22. The van der Waals surface area contributed by atoms with E-state index in [0.717, 1.165) is 18.2 Å². The molecule has 0 aliphatic carbocycles. The van der Waals surface area contributed by atoms with Gasteiger partial charge in [0.15, 0.2) is 5.69 Å². The lowest BCUT2D eigenvalue weighted by Crippen LogP contribution is -2.26. The number of nitrogens with zero attached hydrogens (tertiary/aromatic N) is 3. The van der Waals surface area contributed by atoms with Crippen LogP contribution in [0.5, 0.6) is 0 Å². The van der Waals surface area contributed by atoms with Crippen molar-refractivity contribution in [3.05, 3.63) is 41.2 Å². The van der Waals surface area contributed by atoms with Crippen LogP contribution < -0.4 is 10.0 Å². The molecule has 0 spiro atoms. The molecule has 1 aromatic heterocycles. The quantitative estimate of drug-likeness (QED) is 0.295. The molecule has 1 heterocycles. The minimum atomic E-state index is -4.55. The Morgan fingerprint density at radius 3 is 2.69 bits per heavy atom. The van der Waals surface area contributed by atoms with Gasteiger partial charge in [0.2, 0.25) is 15.9 Å². The molecule has 0 radical (unpaired) electrons. The van der Waals surface area contributed by atoms with Gasteiger partial charge in [-0.15, -0.1) is 0 Å². The zero-order valence-corrected chi connectivity index (χ0v) is 14.1. The van der Waals surface area contributed by atoms with Crippen molar-refractivity contribution < 1.29 is 31.4 Å². The maximum absolute atomic E-state index is 12.8. The van der Waals surface area contributed by atoms with Crippen LogP contribution in [0.15, 0.2) is 34.1 Å². The number of nitrogens with one attached hydrogen (secondary N) is 2. The van der Waals surface area contributed by atoms with Gasteiger partial charge in [-0.2, -0.15) is 13.2 Å². The van der Waals surface area contributed by atoms with E-state index in [4.69, 9.17) is 5.21 Å². The molecular weight excluding hydrogens is 379 g/mol. The second kappa shape index (κ2) is 7.70. The summed E-state index contributed by atoms with van der Waals surface area (Å²) < 4.78 is 67.9. The van der Waals surface area contributed by atoms with Gasteiger partial charge in [-0.3, -0.25) is 0 Å². The number of benzene rings is 1. The molecule has 0 saturated carbocycles. The van der Waals surface area contributed by atoms with Gasteiger partial charge in [0.25, 0.3) is 0 Å². The van der Waals surface area contributed by atoms with E-state index in [1.807, 2.05) is 0 Å². The summed E-state index contributed by atoms with van der Waals surface area (Å²) in [7, 11) is -3.53. The highest BCUT2D eigenvalue weighted by molar-refractivity contribution is 7.89. The number of rotatable bonds is 6. The highest BCUT2D eigenvalue weighted by Gasteiger charge is 2.30. The van der Waals surface area contributed by atoms with Gasteiger partial charge < -0.3 is 10.5 Å². The number of halogens is 3. The Labute approximate surface area is 145 Å². The van der Waals surface area contributed by atoms with Crippen molar-refractivity contribution in [3.8, 4) is 0 Å². The predicted octanol–water partition coefficient (Wildman–Crippen LogP) is 1.78. The molecule has 0 unspecified atom stereocenters. The number of aromatic nitrogens is 2. The van der Waals surface area contributed by atoms with Crippen LogP contribution in [0.1, 0.15) is 23.9 Å². The molecule has 3 N–H and O–H groups in total. The molecule has 0 aliphatic heterocycles. The number of hydrogen-bond donors (Lipinski definition) is 3. The van der Waals surface area contributed by atoms with Crippen LogP contribution in [0.3, 0.4) is 0 Å². The fourth-order valence-corrected chi connectivity index (χ4v) is 2.39. The smallest absolute Gasteiger partial charge is 0.409 e. The van der Waals surface area contributed by atoms with Crippen molar-refractivity contribution in [3.63, 3.8) is 0 Å². The summed E-state index contributed by atoms with van der Waals surface area (Å²) in [6, 6.07) is 4.16. The second-order valence-electron chi connectivity index (χ2n) is 4.94. The predicted molar refractivity (Wildman–Crippen MR) is 84.0 cm³/mol. The molecule has 0 fully saturated rings. The maximum atomic E-state index is 12.8. The average molecular weight is 393 g/mol. The SMILES string of the molecule is CCS(=O)(=O)NCc1nonc1C(=NO)Nc1cccc(C(F)(F)F)c1. The molecule has 13 heteroatoms. The lowest BCUT2D eigenvalue weighted by Gasteiger charge is -2.10. The first-order valence-electron chi connectivity index (χ1n) is 7.11. The van der Waals surface area contributed by atoms with Crippen LogP contribution in [-0.2, 0) is 22.7 Å². The first kappa shape index (κ1) is 19.7. The molecule has 9 nitrogen and oxygen atoms in total. The summed E-state index contributed by atoms with van der Waals surface area (Å²) >= 11 is 0. The molecule has 2 rings (SSSR count). The maximum Gasteiger partial charge on any atom is 0.416 e. The van der Waals surface area contributed by atoms with Crippen molar-refractivity contribution in [2.24, 2.45) is 5.16 Å². The number of alkyl halides is 3. The van der Waals surface area contributed by atoms with Crippen LogP contribution in [0, 0.1) is 0 Å². The average Bonchev–Trinajstić information content (AvgIpc) is 3.06. The number of amidine groups is 1. The van der Waals surface area contributed by atoms with Gasteiger partial charge in [-0.05, 0) is 30.3 Å². The third-order valence-electron chi connectivity index (χ3n) is 3.17. The van der Waals surface area contributed by atoms with Crippen LogP contribution in [-0.4, -0.2) is 35.5 Å². The standard InChI is InChI=1S/C13H14F3N5O4S/c1-2-26(23,24)17-7-10-11(21-25-20-10)12(19-22)18-9-5-3-4-8(6-9)13(14,15)16/h3-6,17,22H,2,7H2,1H3,(H,18,19). The van der Waals surface area contributed by atoms with E-state index in [9.17, 15) is 21.6 Å². The van der Waals surface area contributed by atoms with Crippen molar-refractivity contribution in [2.75, 3.05) is 11.1 Å². The van der Waals surface area contributed by atoms with Crippen LogP contribution in [0.4, 0.5) is 18.9 Å². The van der Waals surface area contributed by atoms with Gasteiger partial charge in [-0.25, -0.2) is 17.8 Å². The summed E-state index contributed by atoms with van der Waals surface area (Å²) in [5.74, 6) is -0.534. The van der Waals surface area contributed by atoms with E-state index in [-0.39, 0.29) is 35.2 Å². The number of sulfonamides is 1. The number of anilines is 1. The van der Waals surface area contributed by atoms with Crippen LogP contribution >= 0.6 is 0 Å². The monoisotopic (exact) mass is 393 g/mol. The first-order chi connectivity index (χ1) is 12.2. The largest absolute Gasteiger partial charge is 0.416 e. The molecule has 142 valence electrons. The van der Waals surface area contributed by atoms with Crippen LogP contribution in [0.25, 0.3) is 0 Å². The van der Waals surface area contributed by atoms with E-state index in [0.29, 0.717) is 0 Å². The van der Waals surface area contributed by atoms with Crippen molar-refractivity contribution in [1.82, 2.24) is 15.0 Å². The molecule has 0 bridgehead atoms. The summed E-state index contributed by atoms with van der Waals surface area (Å²) in [6.07, 6.45) is -4.55. The molecule has 0 atom stereocenters. The Kier molecular flexibility index (Phi) is 5.82. The Bertz CT molecular complexity index is 895. The van der Waals surface area contributed by atoms with Crippen LogP contribution in [0.2, 0.25) is 0 Å². The van der Waals surface area contributed by atoms with E-state index < -0.39 is 21.8 Å². The van der Waals surface area contributed by atoms with E-state index >= 15 is 0 Å². The molecule has 1 aromatic carbocycles. The highest BCUT2D eigenvalue weighted by Crippen LogP contribution is 2.30. The molecule has 0 saturated heterocycles. The summed E-state index contributed by atoms with van der Waals surface area (Å²) in [5.41, 5.74) is -1.12. The van der Waals surface area contributed by atoms with Gasteiger partial charge in [-0.1, -0.05) is 16.4 Å². The molecule has 0 amide bonds. The van der Waals surface area contributed by atoms with E-state index in [1.165, 1.54) is 13.0 Å². The number of oxime groups is 1. The fraction of sp³-hybridized carbons (Fsp3) is 0.308. The van der Waals surface area contributed by atoms with E-state index in [2.05, 4.69) is 30.1 Å². The summed E-state index contributed by atoms with van der Waals surface area (Å²) in [5, 5.41) is 21.5. The lowest BCUT2D eigenvalue weighted by atomic mass is 10.2. The Morgan fingerprint density at radius 1 is 1.35 bits per heavy atom. The van der Waals surface area contributed by atoms with E-state index in [1.54, 1.807) is 0 Å². The minimum Gasteiger partial charge on any atom is -0.409 e. The lowest BCUT2D eigenvalue weighted by molar-refractivity contribution is -0.137. The third kappa shape index (κ3) is 4.92.